The Bertz CT molecular complexity index is 473. The third kappa shape index (κ3) is 4.34. The number of aliphatic hydroxyl groups is 1. The summed E-state index contributed by atoms with van der Waals surface area (Å²) in [4.78, 5) is 12.2. The molecule has 0 bridgehead atoms. The molecule has 1 aliphatic rings. The van der Waals surface area contributed by atoms with Crippen molar-refractivity contribution in [2.24, 2.45) is 5.92 Å². The lowest BCUT2D eigenvalue weighted by molar-refractivity contribution is -0.120. The van der Waals surface area contributed by atoms with Crippen molar-refractivity contribution in [3.05, 3.63) is 18.2 Å². The van der Waals surface area contributed by atoms with Gasteiger partial charge in [0.15, 0.2) is 11.5 Å². The highest BCUT2D eigenvalue weighted by Gasteiger charge is 2.21. The number of aliphatic hydroxyl groups excluding tert-OH is 1. The minimum Gasteiger partial charge on any atom is -0.493 e. The average Bonchev–Trinajstić information content (AvgIpc) is 2.54. The van der Waals surface area contributed by atoms with Gasteiger partial charge in [0.1, 0.15) is 6.61 Å². The first-order valence-corrected chi connectivity index (χ1v) is 7.18. The Morgan fingerprint density at radius 1 is 1.48 bits per heavy atom. The van der Waals surface area contributed by atoms with Crippen LogP contribution in [0.15, 0.2) is 18.2 Å². The van der Waals surface area contributed by atoms with Crippen molar-refractivity contribution in [2.75, 3.05) is 38.7 Å². The van der Waals surface area contributed by atoms with Crippen LogP contribution in [0.3, 0.4) is 0 Å². The summed E-state index contributed by atoms with van der Waals surface area (Å²) in [6, 6.07) is 5.23. The summed E-state index contributed by atoms with van der Waals surface area (Å²) < 4.78 is 10.6. The Hall–Kier alpha value is -1.79. The zero-order valence-electron chi connectivity index (χ0n) is 12.2. The second kappa shape index (κ2) is 7.85. The molecule has 2 rings (SSSR count). The van der Waals surface area contributed by atoms with Crippen LogP contribution in [-0.2, 0) is 4.79 Å². The topological polar surface area (TPSA) is 79.8 Å². The Balaban J connectivity index is 2.03. The molecule has 1 fully saturated rings. The van der Waals surface area contributed by atoms with Gasteiger partial charge in [0.05, 0.1) is 19.6 Å². The second-order valence-electron chi connectivity index (χ2n) is 4.97. The Morgan fingerprint density at radius 2 is 2.33 bits per heavy atom. The second-order valence-corrected chi connectivity index (χ2v) is 4.97. The summed E-state index contributed by atoms with van der Waals surface area (Å²) in [5, 5.41) is 15.0. The van der Waals surface area contributed by atoms with E-state index in [-0.39, 0.29) is 25.0 Å². The van der Waals surface area contributed by atoms with E-state index in [9.17, 15) is 4.79 Å². The van der Waals surface area contributed by atoms with Gasteiger partial charge >= 0.3 is 0 Å². The van der Waals surface area contributed by atoms with Gasteiger partial charge in [-0.1, -0.05) is 0 Å². The van der Waals surface area contributed by atoms with Crippen LogP contribution in [0.2, 0.25) is 0 Å². The van der Waals surface area contributed by atoms with E-state index in [2.05, 4.69) is 10.6 Å². The van der Waals surface area contributed by atoms with Gasteiger partial charge in [-0.15, -0.1) is 0 Å². The zero-order valence-corrected chi connectivity index (χ0v) is 12.2. The lowest BCUT2D eigenvalue weighted by atomic mass is 9.99. The van der Waals surface area contributed by atoms with Gasteiger partial charge in [0.2, 0.25) is 5.91 Å². The number of methoxy groups -OCH3 is 1. The smallest absolute Gasteiger partial charge is 0.228 e. The van der Waals surface area contributed by atoms with Crippen LogP contribution in [0.4, 0.5) is 5.69 Å². The molecule has 6 nitrogen and oxygen atoms in total. The van der Waals surface area contributed by atoms with Gasteiger partial charge in [-0.25, -0.2) is 0 Å². The van der Waals surface area contributed by atoms with Crippen molar-refractivity contribution in [1.82, 2.24) is 5.32 Å². The molecule has 1 amide bonds. The van der Waals surface area contributed by atoms with Gasteiger partial charge in [-0.3, -0.25) is 4.79 Å². The summed E-state index contributed by atoms with van der Waals surface area (Å²) in [6.07, 6.45) is 1.93. The summed E-state index contributed by atoms with van der Waals surface area (Å²) in [5.41, 5.74) is 0.666. The molecule has 0 aromatic heterocycles. The van der Waals surface area contributed by atoms with Crippen molar-refractivity contribution in [3.8, 4) is 11.5 Å². The van der Waals surface area contributed by atoms with E-state index in [0.717, 1.165) is 25.9 Å². The molecular formula is C15H22N2O4. The molecule has 1 aliphatic heterocycles. The molecular weight excluding hydrogens is 272 g/mol. The number of anilines is 1. The molecule has 6 heteroatoms. The third-order valence-corrected chi connectivity index (χ3v) is 3.45. The van der Waals surface area contributed by atoms with Crippen LogP contribution in [0.5, 0.6) is 11.5 Å². The lowest BCUT2D eigenvalue weighted by Gasteiger charge is -2.22. The first kappa shape index (κ1) is 15.6. The zero-order chi connectivity index (χ0) is 15.1. The quantitative estimate of drug-likeness (QED) is 0.729. The molecule has 0 radical (unpaired) electrons. The van der Waals surface area contributed by atoms with E-state index in [1.165, 1.54) is 0 Å². The van der Waals surface area contributed by atoms with Crippen LogP contribution in [-0.4, -0.2) is 44.4 Å². The predicted octanol–water partition coefficient (Wildman–Crippen LogP) is 1.00. The van der Waals surface area contributed by atoms with E-state index in [1.807, 2.05) is 0 Å². The minimum absolute atomic E-state index is 0.00246. The van der Waals surface area contributed by atoms with Gasteiger partial charge < -0.3 is 25.2 Å². The summed E-state index contributed by atoms with van der Waals surface area (Å²) >= 11 is 0. The summed E-state index contributed by atoms with van der Waals surface area (Å²) in [5.74, 6) is 1.09. The molecule has 21 heavy (non-hydrogen) atoms. The van der Waals surface area contributed by atoms with E-state index < -0.39 is 0 Å². The van der Waals surface area contributed by atoms with E-state index >= 15 is 0 Å². The third-order valence-electron chi connectivity index (χ3n) is 3.45. The number of hydrogen-bond acceptors (Lipinski definition) is 5. The Labute approximate surface area is 124 Å². The van der Waals surface area contributed by atoms with Gasteiger partial charge in [-0.05, 0) is 31.5 Å². The first-order valence-electron chi connectivity index (χ1n) is 7.18. The Morgan fingerprint density at radius 3 is 3.00 bits per heavy atom. The van der Waals surface area contributed by atoms with Gasteiger partial charge in [0.25, 0.3) is 0 Å². The van der Waals surface area contributed by atoms with Crippen LogP contribution in [0.25, 0.3) is 0 Å². The van der Waals surface area contributed by atoms with Crippen LogP contribution < -0.4 is 20.1 Å². The summed E-state index contributed by atoms with van der Waals surface area (Å²) in [6.45, 7) is 1.80. The number of ether oxygens (including phenoxy) is 2. The fourth-order valence-electron chi connectivity index (χ4n) is 2.34. The highest BCUT2D eigenvalue weighted by Crippen LogP contribution is 2.30. The number of carbonyl (C=O) groups is 1. The van der Waals surface area contributed by atoms with Crippen molar-refractivity contribution >= 4 is 11.6 Å². The van der Waals surface area contributed by atoms with Crippen molar-refractivity contribution in [2.45, 2.75) is 12.8 Å². The van der Waals surface area contributed by atoms with Crippen LogP contribution in [0.1, 0.15) is 12.8 Å². The molecule has 116 valence electrons. The number of rotatable bonds is 6. The fourth-order valence-corrected chi connectivity index (χ4v) is 2.34. The maximum atomic E-state index is 12.2. The van der Waals surface area contributed by atoms with Crippen molar-refractivity contribution in [3.63, 3.8) is 0 Å². The molecule has 0 unspecified atom stereocenters. The van der Waals surface area contributed by atoms with Crippen LogP contribution >= 0.6 is 0 Å². The molecule has 1 heterocycles. The number of hydrogen-bond donors (Lipinski definition) is 3. The number of nitrogens with one attached hydrogen (secondary N) is 2. The van der Waals surface area contributed by atoms with Crippen molar-refractivity contribution < 1.29 is 19.4 Å². The maximum absolute atomic E-state index is 12.2. The number of benzene rings is 1. The normalized spacial score (nSPS) is 18.1. The molecule has 1 atom stereocenters. The largest absolute Gasteiger partial charge is 0.493 e. The fraction of sp³-hybridized carbons (Fsp3) is 0.533. The lowest BCUT2D eigenvalue weighted by Crippen LogP contribution is -2.37. The van der Waals surface area contributed by atoms with E-state index in [4.69, 9.17) is 14.6 Å². The van der Waals surface area contributed by atoms with Gasteiger partial charge in [-0.2, -0.15) is 0 Å². The molecule has 1 aromatic rings. The molecule has 0 spiro atoms. The van der Waals surface area contributed by atoms with E-state index in [0.29, 0.717) is 17.2 Å². The predicted molar refractivity (Wildman–Crippen MR) is 79.8 cm³/mol. The van der Waals surface area contributed by atoms with Gasteiger partial charge in [0, 0.05) is 18.3 Å². The number of amides is 1. The molecule has 0 saturated carbocycles. The minimum atomic E-state index is -0.0759. The molecule has 1 aromatic carbocycles. The SMILES string of the molecule is COc1ccc(NC(=O)[C@@H]2CCCNC2)cc1OCCO. The maximum Gasteiger partial charge on any atom is 0.228 e. The first-order chi connectivity index (χ1) is 10.2. The highest BCUT2D eigenvalue weighted by atomic mass is 16.5. The van der Waals surface area contributed by atoms with E-state index in [1.54, 1.807) is 25.3 Å². The number of carbonyl (C=O) groups excluding carboxylic acids is 1. The molecule has 3 N–H and O–H groups in total. The average molecular weight is 294 g/mol. The van der Waals surface area contributed by atoms with Crippen LogP contribution in [0, 0.1) is 5.92 Å². The summed E-state index contributed by atoms with van der Waals surface area (Å²) in [7, 11) is 1.55. The Kier molecular flexibility index (Phi) is 5.83. The molecule has 0 aliphatic carbocycles. The van der Waals surface area contributed by atoms with Crippen molar-refractivity contribution in [1.29, 1.82) is 0 Å². The molecule has 1 saturated heterocycles. The number of piperidine rings is 1. The monoisotopic (exact) mass is 294 g/mol. The standard InChI is InChI=1S/C15H22N2O4/c1-20-13-5-4-12(9-14(13)21-8-7-18)17-15(19)11-3-2-6-16-10-11/h4-5,9,11,16,18H,2-3,6-8,10H2,1H3,(H,17,19)/t11-/m1/s1. The highest BCUT2D eigenvalue weighted by molar-refractivity contribution is 5.93.